The lowest BCUT2D eigenvalue weighted by molar-refractivity contribution is 0.159. The molecule has 6 heteroatoms. The lowest BCUT2D eigenvalue weighted by Gasteiger charge is -2.34. The molecule has 2 N–H and O–H groups in total. The minimum absolute atomic E-state index is 0. The monoisotopic (exact) mass is 428 g/mol. The molecule has 0 radical (unpaired) electrons. The second-order valence-corrected chi connectivity index (χ2v) is 7.02. The predicted molar refractivity (Wildman–Crippen MR) is 107 cm³/mol. The van der Waals surface area contributed by atoms with Crippen LogP contribution in [0.3, 0.4) is 0 Å². The van der Waals surface area contributed by atoms with Gasteiger partial charge in [0.15, 0.2) is 5.96 Å². The van der Waals surface area contributed by atoms with Crippen LogP contribution in [-0.4, -0.2) is 62.6 Å². The molecule has 0 aromatic heterocycles. The molecule has 1 heterocycles. The molecule has 0 aliphatic carbocycles. The number of rotatable bonds is 7. The average molecular weight is 428 g/mol. The molecule has 0 bridgehead atoms. The molecule has 1 aliphatic heterocycles. The van der Waals surface area contributed by atoms with Crippen LogP contribution in [0.15, 0.2) is 4.99 Å². The summed E-state index contributed by atoms with van der Waals surface area (Å²) >= 11 is 1.85. The summed E-state index contributed by atoms with van der Waals surface area (Å²) in [5.74, 6) is 3.58. The quantitative estimate of drug-likeness (QED) is 0.283. The first-order chi connectivity index (χ1) is 9.65. The van der Waals surface area contributed by atoms with Gasteiger partial charge in [0.05, 0.1) is 0 Å². The number of hydrogen-bond acceptors (Lipinski definition) is 3. The van der Waals surface area contributed by atoms with Crippen LogP contribution in [0.1, 0.15) is 26.7 Å². The number of nitrogens with zero attached hydrogens (tertiary/aromatic N) is 2. The van der Waals surface area contributed by atoms with E-state index >= 15 is 0 Å². The Morgan fingerprint density at radius 2 is 2.14 bits per heavy atom. The summed E-state index contributed by atoms with van der Waals surface area (Å²) in [6, 6.07) is 0. The highest BCUT2D eigenvalue weighted by atomic mass is 127. The summed E-state index contributed by atoms with van der Waals surface area (Å²) in [6.45, 7) is 10.4. The molecule has 21 heavy (non-hydrogen) atoms. The Kier molecular flexibility index (Phi) is 13.0. The normalized spacial score (nSPS) is 20.2. The fourth-order valence-electron chi connectivity index (χ4n) is 2.73. The number of guanidine groups is 1. The molecule has 0 spiro atoms. The third-order valence-electron chi connectivity index (χ3n) is 3.61. The van der Waals surface area contributed by atoms with Crippen molar-refractivity contribution in [3.8, 4) is 0 Å². The van der Waals surface area contributed by atoms with Gasteiger partial charge in [-0.25, -0.2) is 0 Å². The van der Waals surface area contributed by atoms with Gasteiger partial charge in [-0.05, 0) is 37.5 Å². The maximum absolute atomic E-state index is 4.28. The molecule has 4 nitrogen and oxygen atoms in total. The maximum Gasteiger partial charge on any atom is 0.191 e. The Hall–Kier alpha value is 0.310. The molecule has 1 saturated heterocycles. The lowest BCUT2D eigenvalue weighted by Crippen LogP contribution is -2.45. The van der Waals surface area contributed by atoms with Crippen molar-refractivity contribution in [3.05, 3.63) is 0 Å². The van der Waals surface area contributed by atoms with Crippen LogP contribution in [-0.2, 0) is 0 Å². The van der Waals surface area contributed by atoms with E-state index in [-0.39, 0.29) is 24.0 Å². The molecule has 0 aromatic rings. The van der Waals surface area contributed by atoms with Crippen molar-refractivity contribution in [1.82, 2.24) is 15.5 Å². The van der Waals surface area contributed by atoms with E-state index in [1.807, 2.05) is 18.8 Å². The first-order valence-corrected chi connectivity index (χ1v) is 9.21. The Morgan fingerprint density at radius 3 is 2.76 bits per heavy atom. The maximum atomic E-state index is 4.28. The third kappa shape index (κ3) is 9.84. The van der Waals surface area contributed by atoms with E-state index in [9.17, 15) is 0 Å². The Morgan fingerprint density at radius 1 is 1.38 bits per heavy atom. The summed E-state index contributed by atoms with van der Waals surface area (Å²) in [7, 11) is 1.85. The zero-order valence-electron chi connectivity index (χ0n) is 14.0. The van der Waals surface area contributed by atoms with E-state index in [4.69, 9.17) is 0 Å². The minimum Gasteiger partial charge on any atom is -0.356 e. The fraction of sp³-hybridized carbons (Fsp3) is 0.933. The van der Waals surface area contributed by atoms with E-state index in [1.165, 1.54) is 32.5 Å². The number of nitrogens with one attached hydrogen (secondary N) is 2. The molecule has 1 rings (SSSR count). The van der Waals surface area contributed by atoms with E-state index in [2.05, 4.69) is 40.6 Å². The van der Waals surface area contributed by atoms with E-state index in [0.29, 0.717) is 0 Å². The van der Waals surface area contributed by atoms with Gasteiger partial charge in [0.25, 0.3) is 0 Å². The number of piperidine rings is 1. The Bertz CT molecular complexity index is 287. The molecular weight excluding hydrogens is 395 g/mol. The van der Waals surface area contributed by atoms with Crippen molar-refractivity contribution < 1.29 is 0 Å². The van der Waals surface area contributed by atoms with Crippen molar-refractivity contribution in [2.75, 3.05) is 51.8 Å². The highest BCUT2D eigenvalue weighted by molar-refractivity contribution is 14.0. The van der Waals surface area contributed by atoms with Gasteiger partial charge in [-0.15, -0.1) is 24.0 Å². The average Bonchev–Trinajstić information content (AvgIpc) is 2.42. The number of hydrogen-bond donors (Lipinski definition) is 2. The van der Waals surface area contributed by atoms with Gasteiger partial charge in [-0.1, -0.05) is 13.8 Å². The second-order valence-electron chi connectivity index (χ2n) is 6.03. The van der Waals surface area contributed by atoms with Crippen LogP contribution in [0, 0.1) is 11.8 Å². The van der Waals surface area contributed by atoms with Crippen molar-refractivity contribution in [2.45, 2.75) is 26.7 Å². The second kappa shape index (κ2) is 12.8. The van der Waals surface area contributed by atoms with Gasteiger partial charge in [0.2, 0.25) is 0 Å². The molecule has 1 aliphatic rings. The molecule has 1 fully saturated rings. The van der Waals surface area contributed by atoms with Crippen LogP contribution < -0.4 is 10.6 Å². The predicted octanol–water partition coefficient (Wildman–Crippen LogP) is 2.50. The molecule has 0 amide bonds. The summed E-state index contributed by atoms with van der Waals surface area (Å²) in [5, 5.41) is 6.83. The highest BCUT2D eigenvalue weighted by Crippen LogP contribution is 2.16. The van der Waals surface area contributed by atoms with Crippen LogP contribution in [0.25, 0.3) is 0 Å². The summed E-state index contributed by atoms with van der Waals surface area (Å²) in [6.07, 6.45) is 4.80. The summed E-state index contributed by atoms with van der Waals surface area (Å²) in [5.41, 5.74) is 0. The first-order valence-electron chi connectivity index (χ1n) is 7.81. The fourth-order valence-corrected chi connectivity index (χ4v) is 3.04. The van der Waals surface area contributed by atoms with Crippen molar-refractivity contribution in [1.29, 1.82) is 0 Å². The molecule has 0 aromatic carbocycles. The topological polar surface area (TPSA) is 39.7 Å². The van der Waals surface area contributed by atoms with Crippen molar-refractivity contribution >= 4 is 41.7 Å². The smallest absolute Gasteiger partial charge is 0.191 e. The van der Waals surface area contributed by atoms with Gasteiger partial charge in [-0.2, -0.15) is 11.8 Å². The zero-order chi connectivity index (χ0) is 14.8. The van der Waals surface area contributed by atoms with Crippen LogP contribution in [0.4, 0.5) is 0 Å². The minimum atomic E-state index is 0. The van der Waals surface area contributed by atoms with Gasteiger partial charge in [0, 0.05) is 39.0 Å². The highest BCUT2D eigenvalue weighted by Gasteiger charge is 2.20. The van der Waals surface area contributed by atoms with Crippen LogP contribution in [0.5, 0.6) is 0 Å². The molecule has 1 unspecified atom stereocenters. The molecule has 0 saturated carbocycles. The lowest BCUT2D eigenvalue weighted by atomic mass is 9.97. The van der Waals surface area contributed by atoms with Crippen molar-refractivity contribution in [2.24, 2.45) is 16.8 Å². The van der Waals surface area contributed by atoms with Crippen LogP contribution in [0.2, 0.25) is 0 Å². The number of halogens is 1. The summed E-state index contributed by atoms with van der Waals surface area (Å²) < 4.78 is 0. The van der Waals surface area contributed by atoms with Gasteiger partial charge in [-0.3, -0.25) is 4.99 Å². The van der Waals surface area contributed by atoms with Crippen molar-refractivity contribution in [3.63, 3.8) is 0 Å². The standard InChI is InChI=1S/C15H32N4S.HI/c1-13(2)11-19-8-5-6-14(12-19)10-18-15(16-3)17-7-9-20-4;/h13-14H,5-12H2,1-4H3,(H2,16,17,18);1H. The molecule has 1 atom stereocenters. The van der Waals surface area contributed by atoms with Gasteiger partial charge >= 0.3 is 0 Å². The van der Waals surface area contributed by atoms with E-state index in [1.54, 1.807) is 0 Å². The number of thioether (sulfide) groups is 1. The Labute approximate surface area is 152 Å². The van der Waals surface area contributed by atoms with Crippen LogP contribution >= 0.6 is 35.7 Å². The van der Waals surface area contributed by atoms with E-state index in [0.717, 1.165) is 36.6 Å². The third-order valence-corrected chi connectivity index (χ3v) is 4.22. The Balaban J connectivity index is 0.00000400. The number of likely N-dealkylation sites (tertiary alicyclic amines) is 1. The molecule has 126 valence electrons. The molecular formula is C15H33IN4S. The van der Waals surface area contributed by atoms with Gasteiger partial charge in [0.1, 0.15) is 0 Å². The largest absolute Gasteiger partial charge is 0.356 e. The first kappa shape index (κ1) is 21.3. The SMILES string of the molecule is CN=C(NCCSC)NCC1CCCN(CC(C)C)C1.I. The number of aliphatic imine (C=N–C) groups is 1. The van der Waals surface area contributed by atoms with Gasteiger partial charge < -0.3 is 15.5 Å². The van der Waals surface area contributed by atoms with E-state index < -0.39 is 0 Å². The summed E-state index contributed by atoms with van der Waals surface area (Å²) in [4.78, 5) is 6.90. The zero-order valence-corrected chi connectivity index (χ0v) is 17.2.